The lowest BCUT2D eigenvalue weighted by molar-refractivity contribution is 0.414. The Morgan fingerprint density at radius 1 is 1.00 bits per heavy atom. The number of halogens is 1. The number of nitrogens with zero attached hydrogens (tertiary/aromatic N) is 3. The van der Waals surface area contributed by atoms with E-state index in [-0.39, 0.29) is 17.9 Å². The standard InChI is InChI=1S/C27H25FN4OS/c1-17-15-21(18(2)31(17)19-9-8-10-20(16-19)33-3)26-25(23-12-6-7-14-29-23)30-27(34)32(26)24-13-5-4-11-22(24)28/h4-16,25-26H,1-3H3,(H,30,34)/t25-,26+/m1/s1. The number of pyridine rings is 1. The number of thiocarbonyl (C=S) groups is 1. The maximum atomic E-state index is 15.0. The Bertz CT molecular complexity index is 1350. The van der Waals surface area contributed by atoms with Crippen molar-refractivity contribution < 1.29 is 9.13 Å². The first-order chi connectivity index (χ1) is 16.5. The van der Waals surface area contributed by atoms with Gasteiger partial charge in [-0.05, 0) is 74.1 Å². The van der Waals surface area contributed by atoms with Gasteiger partial charge in [-0.3, -0.25) is 4.98 Å². The van der Waals surface area contributed by atoms with Gasteiger partial charge in [0.05, 0.1) is 30.6 Å². The highest BCUT2D eigenvalue weighted by molar-refractivity contribution is 7.80. The Hall–Kier alpha value is -3.71. The topological polar surface area (TPSA) is 42.3 Å². The lowest BCUT2D eigenvalue weighted by atomic mass is 9.96. The van der Waals surface area contributed by atoms with E-state index in [9.17, 15) is 0 Å². The summed E-state index contributed by atoms with van der Waals surface area (Å²) in [6.07, 6.45) is 1.77. The highest BCUT2D eigenvalue weighted by atomic mass is 32.1. The molecule has 4 aromatic rings. The van der Waals surface area contributed by atoms with Crippen molar-refractivity contribution >= 4 is 23.0 Å². The molecular weight excluding hydrogens is 447 g/mol. The smallest absolute Gasteiger partial charge is 0.174 e. The zero-order valence-electron chi connectivity index (χ0n) is 19.2. The monoisotopic (exact) mass is 472 g/mol. The summed E-state index contributed by atoms with van der Waals surface area (Å²) in [5.41, 5.74) is 5.44. The number of benzene rings is 2. The van der Waals surface area contributed by atoms with E-state index in [2.05, 4.69) is 40.8 Å². The molecule has 172 valence electrons. The number of anilines is 1. The van der Waals surface area contributed by atoms with Crippen molar-refractivity contribution in [2.24, 2.45) is 0 Å². The molecule has 1 aliphatic heterocycles. The first-order valence-corrected chi connectivity index (χ1v) is 11.5. The molecule has 1 aliphatic rings. The summed E-state index contributed by atoms with van der Waals surface area (Å²) >= 11 is 5.74. The summed E-state index contributed by atoms with van der Waals surface area (Å²) in [7, 11) is 1.66. The number of hydrogen-bond acceptors (Lipinski definition) is 3. The van der Waals surface area contributed by atoms with E-state index in [1.165, 1.54) is 6.07 Å². The average molecular weight is 473 g/mol. The quantitative estimate of drug-likeness (QED) is 0.371. The molecule has 1 N–H and O–H groups in total. The molecule has 0 spiro atoms. The van der Waals surface area contributed by atoms with E-state index in [4.69, 9.17) is 17.0 Å². The summed E-state index contributed by atoms with van der Waals surface area (Å²) in [5.74, 6) is 0.467. The van der Waals surface area contributed by atoms with Gasteiger partial charge in [-0.1, -0.05) is 24.3 Å². The van der Waals surface area contributed by atoms with Gasteiger partial charge in [-0.25, -0.2) is 4.39 Å². The van der Waals surface area contributed by atoms with Crippen LogP contribution in [-0.2, 0) is 0 Å². The van der Waals surface area contributed by atoms with Crippen molar-refractivity contribution in [3.63, 3.8) is 0 Å². The van der Waals surface area contributed by atoms with Crippen LogP contribution in [0.2, 0.25) is 0 Å². The number of para-hydroxylation sites is 1. The SMILES string of the molecule is COc1cccc(-n2c(C)cc([C@H]3[C@@H](c4ccccn4)NC(=S)N3c3ccccc3F)c2C)c1. The fourth-order valence-corrected chi connectivity index (χ4v) is 5.15. The Morgan fingerprint density at radius 2 is 1.79 bits per heavy atom. The van der Waals surface area contributed by atoms with E-state index in [0.717, 1.165) is 34.1 Å². The highest BCUT2D eigenvalue weighted by Crippen LogP contribution is 2.44. The summed E-state index contributed by atoms with van der Waals surface area (Å²) in [6, 6.07) is 22.1. The zero-order chi connectivity index (χ0) is 23.8. The minimum absolute atomic E-state index is 0.243. The lowest BCUT2D eigenvalue weighted by Gasteiger charge is -2.28. The normalized spacial score (nSPS) is 17.6. The molecule has 34 heavy (non-hydrogen) atoms. The molecule has 3 heterocycles. The van der Waals surface area contributed by atoms with Gasteiger partial charge in [0.15, 0.2) is 5.11 Å². The van der Waals surface area contributed by atoms with Gasteiger partial charge >= 0.3 is 0 Å². The summed E-state index contributed by atoms with van der Waals surface area (Å²) in [5, 5.41) is 3.88. The van der Waals surface area contributed by atoms with E-state index in [0.29, 0.717) is 10.8 Å². The van der Waals surface area contributed by atoms with E-state index in [1.807, 2.05) is 47.4 Å². The molecule has 5 rings (SSSR count). The molecule has 0 amide bonds. The van der Waals surface area contributed by atoms with E-state index < -0.39 is 0 Å². The van der Waals surface area contributed by atoms with Crippen LogP contribution in [0.5, 0.6) is 5.75 Å². The Balaban J connectivity index is 1.69. The maximum absolute atomic E-state index is 15.0. The van der Waals surface area contributed by atoms with Gasteiger partial charge < -0.3 is 19.5 Å². The molecular formula is C27H25FN4OS. The largest absolute Gasteiger partial charge is 0.497 e. The predicted molar refractivity (Wildman–Crippen MR) is 136 cm³/mol. The van der Waals surface area contributed by atoms with Crippen molar-refractivity contribution in [1.82, 2.24) is 14.9 Å². The van der Waals surface area contributed by atoms with Crippen LogP contribution in [0.3, 0.4) is 0 Å². The van der Waals surface area contributed by atoms with Crippen LogP contribution in [-0.4, -0.2) is 21.8 Å². The van der Waals surface area contributed by atoms with Crippen LogP contribution >= 0.6 is 12.2 Å². The first kappa shape index (κ1) is 22.1. The summed E-state index contributed by atoms with van der Waals surface area (Å²) in [4.78, 5) is 6.47. The van der Waals surface area contributed by atoms with Crippen molar-refractivity contribution in [1.29, 1.82) is 0 Å². The van der Waals surface area contributed by atoms with Gasteiger partial charge in [-0.15, -0.1) is 0 Å². The first-order valence-electron chi connectivity index (χ1n) is 11.1. The third-order valence-corrected chi connectivity index (χ3v) is 6.63. The number of aromatic nitrogens is 2. The van der Waals surface area contributed by atoms with E-state index >= 15 is 4.39 Å². The number of nitrogens with one attached hydrogen (secondary N) is 1. The van der Waals surface area contributed by atoms with Crippen molar-refractivity contribution in [3.8, 4) is 11.4 Å². The fraction of sp³-hybridized carbons (Fsp3) is 0.185. The molecule has 0 bridgehead atoms. The minimum Gasteiger partial charge on any atom is -0.497 e. The second kappa shape index (κ2) is 8.91. The van der Waals surface area contributed by atoms with E-state index in [1.54, 1.807) is 25.4 Å². The molecule has 1 saturated heterocycles. The molecule has 2 aromatic heterocycles. The second-order valence-corrected chi connectivity index (χ2v) is 8.70. The molecule has 2 aromatic carbocycles. The minimum atomic E-state index is -0.320. The maximum Gasteiger partial charge on any atom is 0.174 e. The summed E-state index contributed by atoms with van der Waals surface area (Å²) < 4.78 is 22.6. The van der Waals surface area contributed by atoms with Crippen molar-refractivity contribution in [2.45, 2.75) is 25.9 Å². The number of aryl methyl sites for hydroxylation is 1. The van der Waals surface area contributed by atoms with Gasteiger partial charge in [0.2, 0.25) is 0 Å². The number of ether oxygens (including phenoxy) is 1. The van der Waals surface area contributed by atoms with Gasteiger partial charge in [-0.2, -0.15) is 0 Å². The molecule has 7 heteroatoms. The molecule has 0 saturated carbocycles. The Labute approximate surface area is 203 Å². The average Bonchev–Trinajstić information content (AvgIpc) is 3.35. The molecule has 5 nitrogen and oxygen atoms in total. The Morgan fingerprint density at radius 3 is 2.53 bits per heavy atom. The van der Waals surface area contributed by atoms with Crippen LogP contribution < -0.4 is 15.0 Å². The van der Waals surface area contributed by atoms with Gasteiger partial charge in [0, 0.05) is 29.3 Å². The molecule has 1 fully saturated rings. The second-order valence-electron chi connectivity index (χ2n) is 8.31. The molecule has 0 aliphatic carbocycles. The zero-order valence-corrected chi connectivity index (χ0v) is 20.0. The number of hydrogen-bond donors (Lipinski definition) is 1. The number of rotatable bonds is 5. The Kier molecular flexibility index (Phi) is 5.79. The molecule has 0 radical (unpaired) electrons. The van der Waals surface area contributed by atoms with Crippen LogP contribution in [0.1, 0.15) is 34.7 Å². The lowest BCUT2D eigenvalue weighted by Crippen LogP contribution is -2.30. The van der Waals surface area contributed by atoms with Crippen LogP contribution in [0.4, 0.5) is 10.1 Å². The fourth-order valence-electron chi connectivity index (χ4n) is 4.81. The third-order valence-electron chi connectivity index (χ3n) is 6.31. The molecule has 0 unspecified atom stereocenters. The molecule has 2 atom stereocenters. The van der Waals surface area contributed by atoms with Crippen LogP contribution in [0.25, 0.3) is 5.69 Å². The van der Waals surface area contributed by atoms with Crippen molar-refractivity contribution in [2.75, 3.05) is 12.0 Å². The van der Waals surface area contributed by atoms with Crippen LogP contribution in [0.15, 0.2) is 79.0 Å². The van der Waals surface area contributed by atoms with Crippen molar-refractivity contribution in [3.05, 3.63) is 107 Å². The number of methoxy groups -OCH3 is 1. The predicted octanol–water partition coefficient (Wildman–Crippen LogP) is 5.81. The third kappa shape index (κ3) is 3.72. The summed E-state index contributed by atoms with van der Waals surface area (Å²) in [6.45, 7) is 4.15. The van der Waals surface area contributed by atoms with Crippen LogP contribution in [0, 0.1) is 19.7 Å². The van der Waals surface area contributed by atoms with Gasteiger partial charge in [0.25, 0.3) is 0 Å². The highest BCUT2D eigenvalue weighted by Gasteiger charge is 2.43. The van der Waals surface area contributed by atoms with Gasteiger partial charge in [0.1, 0.15) is 11.6 Å².